The molecular weight excluding hydrogens is 318 g/mol. The van der Waals surface area contributed by atoms with Gasteiger partial charge in [-0.2, -0.15) is 0 Å². The van der Waals surface area contributed by atoms with Gasteiger partial charge in [-0.1, -0.05) is 35.0 Å². The molecule has 0 bridgehead atoms. The van der Waals surface area contributed by atoms with E-state index in [0.29, 0.717) is 12.5 Å². The van der Waals surface area contributed by atoms with Gasteiger partial charge < -0.3 is 10.1 Å². The zero-order valence-electron chi connectivity index (χ0n) is 11.7. The molecule has 5 heteroatoms. The Labute approximate surface area is 127 Å². The van der Waals surface area contributed by atoms with E-state index in [-0.39, 0.29) is 0 Å². The molecule has 1 heterocycles. The molecule has 4 nitrogen and oxygen atoms in total. The van der Waals surface area contributed by atoms with Crippen LogP contribution in [-0.4, -0.2) is 16.5 Å². The van der Waals surface area contributed by atoms with Crippen molar-refractivity contribution in [3.63, 3.8) is 0 Å². The van der Waals surface area contributed by atoms with Crippen molar-refractivity contribution in [3.05, 3.63) is 46.2 Å². The minimum Gasteiger partial charge on any atom is -0.472 e. The summed E-state index contributed by atoms with van der Waals surface area (Å²) < 4.78 is 6.89. The molecule has 0 saturated heterocycles. The standard InChI is InChI=1S/C15H18BrN3O/c1-3-13-14(17-4-2)18-10-19-15(13)20-9-11-6-5-7-12(16)8-11/h5-8,10H,3-4,9H2,1-2H3,(H,17,18,19). The van der Waals surface area contributed by atoms with Crippen LogP contribution in [0.2, 0.25) is 0 Å². The minimum atomic E-state index is 0.495. The normalized spacial score (nSPS) is 10.3. The fourth-order valence-corrected chi connectivity index (χ4v) is 2.38. The second-order valence-electron chi connectivity index (χ2n) is 4.31. The Balaban J connectivity index is 2.14. The van der Waals surface area contributed by atoms with Crippen molar-refractivity contribution < 1.29 is 4.74 Å². The number of rotatable bonds is 6. The maximum Gasteiger partial charge on any atom is 0.222 e. The molecule has 2 rings (SSSR count). The zero-order chi connectivity index (χ0) is 14.4. The first-order chi connectivity index (χ1) is 9.74. The highest BCUT2D eigenvalue weighted by atomic mass is 79.9. The molecule has 0 unspecified atom stereocenters. The molecule has 1 aromatic carbocycles. The highest BCUT2D eigenvalue weighted by Gasteiger charge is 2.10. The van der Waals surface area contributed by atoms with Crippen LogP contribution < -0.4 is 10.1 Å². The summed E-state index contributed by atoms with van der Waals surface area (Å²) in [5.74, 6) is 1.51. The van der Waals surface area contributed by atoms with Gasteiger partial charge in [0.1, 0.15) is 18.8 Å². The first-order valence-electron chi connectivity index (χ1n) is 6.69. The number of benzene rings is 1. The average Bonchev–Trinajstić information content (AvgIpc) is 2.45. The SMILES string of the molecule is CCNc1ncnc(OCc2cccc(Br)c2)c1CC. The fourth-order valence-electron chi connectivity index (χ4n) is 1.94. The van der Waals surface area contributed by atoms with E-state index in [9.17, 15) is 0 Å². The van der Waals surface area contributed by atoms with Crippen LogP contribution in [0.1, 0.15) is 25.0 Å². The lowest BCUT2D eigenvalue weighted by atomic mass is 10.2. The minimum absolute atomic E-state index is 0.495. The van der Waals surface area contributed by atoms with E-state index in [0.717, 1.165) is 34.4 Å². The summed E-state index contributed by atoms with van der Waals surface area (Å²) in [4.78, 5) is 8.50. The van der Waals surface area contributed by atoms with Gasteiger partial charge in [0.25, 0.3) is 0 Å². The monoisotopic (exact) mass is 335 g/mol. The Bertz CT molecular complexity index is 575. The molecule has 0 atom stereocenters. The van der Waals surface area contributed by atoms with Gasteiger partial charge in [0, 0.05) is 11.0 Å². The third kappa shape index (κ3) is 3.70. The van der Waals surface area contributed by atoms with Crippen molar-refractivity contribution in [2.45, 2.75) is 26.9 Å². The number of halogens is 1. The van der Waals surface area contributed by atoms with Gasteiger partial charge in [0.05, 0.1) is 5.56 Å². The average molecular weight is 336 g/mol. The highest BCUT2D eigenvalue weighted by molar-refractivity contribution is 9.10. The van der Waals surface area contributed by atoms with E-state index in [1.165, 1.54) is 6.33 Å². The Hall–Kier alpha value is -1.62. The van der Waals surface area contributed by atoms with Crippen LogP contribution in [0.4, 0.5) is 5.82 Å². The first-order valence-corrected chi connectivity index (χ1v) is 7.48. The Morgan fingerprint density at radius 2 is 2.10 bits per heavy atom. The number of nitrogens with zero attached hydrogens (tertiary/aromatic N) is 2. The number of aromatic nitrogens is 2. The molecule has 1 aromatic heterocycles. The predicted octanol–water partition coefficient (Wildman–Crippen LogP) is 3.81. The second-order valence-corrected chi connectivity index (χ2v) is 5.22. The summed E-state index contributed by atoms with van der Waals surface area (Å²) in [6.07, 6.45) is 2.37. The Morgan fingerprint density at radius 3 is 2.80 bits per heavy atom. The molecule has 0 amide bonds. The van der Waals surface area contributed by atoms with Crippen molar-refractivity contribution in [2.75, 3.05) is 11.9 Å². The van der Waals surface area contributed by atoms with Gasteiger partial charge in [0.15, 0.2) is 0 Å². The number of hydrogen-bond acceptors (Lipinski definition) is 4. The van der Waals surface area contributed by atoms with E-state index in [1.807, 2.05) is 31.2 Å². The summed E-state index contributed by atoms with van der Waals surface area (Å²) in [5.41, 5.74) is 2.12. The number of nitrogens with one attached hydrogen (secondary N) is 1. The molecule has 2 aromatic rings. The van der Waals surface area contributed by atoms with Crippen LogP contribution in [0, 0.1) is 0 Å². The van der Waals surface area contributed by atoms with Gasteiger partial charge in [-0.15, -0.1) is 0 Å². The molecule has 0 aliphatic heterocycles. The molecular formula is C15H18BrN3O. The molecule has 0 aliphatic rings. The topological polar surface area (TPSA) is 47.0 Å². The van der Waals surface area contributed by atoms with Crippen LogP contribution in [0.25, 0.3) is 0 Å². The maximum absolute atomic E-state index is 5.84. The van der Waals surface area contributed by atoms with Gasteiger partial charge in [0.2, 0.25) is 5.88 Å². The van der Waals surface area contributed by atoms with Gasteiger partial charge in [-0.3, -0.25) is 0 Å². The lowest BCUT2D eigenvalue weighted by molar-refractivity contribution is 0.290. The van der Waals surface area contributed by atoms with Gasteiger partial charge in [-0.05, 0) is 31.0 Å². The zero-order valence-corrected chi connectivity index (χ0v) is 13.3. The molecule has 0 radical (unpaired) electrons. The Kier molecular flexibility index (Phi) is 5.35. The molecule has 0 spiro atoms. The lowest BCUT2D eigenvalue weighted by Gasteiger charge is -2.13. The molecule has 0 aliphatic carbocycles. The smallest absolute Gasteiger partial charge is 0.222 e. The maximum atomic E-state index is 5.84. The van der Waals surface area contributed by atoms with Crippen LogP contribution in [0.5, 0.6) is 5.88 Å². The second kappa shape index (κ2) is 7.24. The van der Waals surface area contributed by atoms with Crippen molar-refractivity contribution in [1.29, 1.82) is 0 Å². The van der Waals surface area contributed by atoms with E-state index in [1.54, 1.807) is 0 Å². The molecule has 20 heavy (non-hydrogen) atoms. The van der Waals surface area contributed by atoms with Crippen LogP contribution in [-0.2, 0) is 13.0 Å². The van der Waals surface area contributed by atoms with E-state index in [2.05, 4.69) is 38.1 Å². The van der Waals surface area contributed by atoms with Crippen LogP contribution in [0.15, 0.2) is 35.1 Å². The third-order valence-corrected chi connectivity index (χ3v) is 3.36. The van der Waals surface area contributed by atoms with E-state index < -0.39 is 0 Å². The van der Waals surface area contributed by atoms with Crippen LogP contribution >= 0.6 is 15.9 Å². The van der Waals surface area contributed by atoms with Crippen molar-refractivity contribution >= 4 is 21.7 Å². The molecule has 106 valence electrons. The molecule has 1 N–H and O–H groups in total. The van der Waals surface area contributed by atoms with Crippen molar-refractivity contribution in [3.8, 4) is 5.88 Å². The fraction of sp³-hybridized carbons (Fsp3) is 0.333. The lowest BCUT2D eigenvalue weighted by Crippen LogP contribution is -2.07. The number of ether oxygens (including phenoxy) is 1. The summed E-state index contributed by atoms with van der Waals surface area (Å²) in [7, 11) is 0. The predicted molar refractivity (Wildman–Crippen MR) is 84.0 cm³/mol. The van der Waals surface area contributed by atoms with Crippen molar-refractivity contribution in [2.24, 2.45) is 0 Å². The summed E-state index contributed by atoms with van der Waals surface area (Å²) >= 11 is 3.46. The third-order valence-electron chi connectivity index (χ3n) is 2.87. The summed E-state index contributed by atoms with van der Waals surface area (Å²) in [6, 6.07) is 8.06. The Morgan fingerprint density at radius 1 is 1.25 bits per heavy atom. The quantitative estimate of drug-likeness (QED) is 0.871. The number of hydrogen-bond donors (Lipinski definition) is 1. The van der Waals surface area contributed by atoms with E-state index in [4.69, 9.17) is 4.74 Å². The van der Waals surface area contributed by atoms with Crippen molar-refractivity contribution in [1.82, 2.24) is 9.97 Å². The largest absolute Gasteiger partial charge is 0.472 e. The molecule has 0 saturated carbocycles. The summed E-state index contributed by atoms with van der Waals surface area (Å²) in [5, 5.41) is 3.24. The summed E-state index contributed by atoms with van der Waals surface area (Å²) in [6.45, 7) is 5.44. The first kappa shape index (κ1) is 14.8. The number of anilines is 1. The van der Waals surface area contributed by atoms with E-state index >= 15 is 0 Å². The molecule has 0 fully saturated rings. The van der Waals surface area contributed by atoms with Gasteiger partial charge in [-0.25, -0.2) is 9.97 Å². The van der Waals surface area contributed by atoms with Crippen LogP contribution in [0.3, 0.4) is 0 Å². The van der Waals surface area contributed by atoms with Gasteiger partial charge >= 0.3 is 0 Å². The highest BCUT2D eigenvalue weighted by Crippen LogP contribution is 2.23.